The average Bonchev–Trinajstić information content (AvgIpc) is 3.42. The first-order valence-corrected chi connectivity index (χ1v) is 14.1. The summed E-state index contributed by atoms with van der Waals surface area (Å²) in [5.41, 5.74) is 1.88. The summed E-state index contributed by atoms with van der Waals surface area (Å²) < 4.78 is 22.6. The number of amides is 2. The maximum absolute atomic E-state index is 13.6. The molecule has 4 rings (SSSR count). The predicted molar refractivity (Wildman–Crippen MR) is 158 cm³/mol. The third-order valence-corrected chi connectivity index (χ3v) is 7.76. The smallest absolute Gasteiger partial charge is 0.247 e. The van der Waals surface area contributed by atoms with Crippen LogP contribution in [-0.4, -0.2) is 92.5 Å². The number of aliphatic hydroxyl groups excluding tert-OH is 2. The van der Waals surface area contributed by atoms with Gasteiger partial charge in [-0.2, -0.15) is 0 Å². The van der Waals surface area contributed by atoms with Crippen molar-refractivity contribution in [1.82, 2.24) is 10.2 Å². The number of carbonyl (C=O) groups excluding carboxylic acids is 3. The molecule has 4 unspecified atom stereocenters. The zero-order chi connectivity index (χ0) is 31.1. The van der Waals surface area contributed by atoms with Crippen LogP contribution in [0.25, 0.3) is 0 Å². The van der Waals surface area contributed by atoms with Gasteiger partial charge in [0.05, 0.1) is 39.9 Å². The van der Waals surface area contributed by atoms with Crippen molar-refractivity contribution in [1.29, 1.82) is 0 Å². The summed E-state index contributed by atoms with van der Waals surface area (Å²) in [6, 6.07) is 7.59. The summed E-state index contributed by atoms with van der Waals surface area (Å²) in [5, 5.41) is 23.8. The normalized spacial score (nSPS) is 20.1. The molecule has 2 aromatic rings. The van der Waals surface area contributed by atoms with Gasteiger partial charge in [-0.3, -0.25) is 14.4 Å². The average molecular weight is 595 g/mol. The molecule has 0 bridgehead atoms. The Morgan fingerprint density at radius 2 is 1.88 bits per heavy atom. The Kier molecular flexibility index (Phi) is 10.4. The molecule has 2 aliphatic rings. The zero-order valence-electron chi connectivity index (χ0n) is 24.6. The number of carbonyl (C=O) groups is 3. The molecular weight excluding hydrogens is 556 g/mol. The van der Waals surface area contributed by atoms with Crippen LogP contribution in [0.2, 0.25) is 0 Å². The van der Waals surface area contributed by atoms with E-state index in [1.165, 1.54) is 13.2 Å². The third kappa shape index (κ3) is 6.52. The Hall–Kier alpha value is -4.35. The van der Waals surface area contributed by atoms with Crippen LogP contribution in [0.5, 0.6) is 23.0 Å². The first kappa shape index (κ1) is 31.6. The van der Waals surface area contributed by atoms with Crippen LogP contribution in [0.1, 0.15) is 40.2 Å². The number of ether oxygens (including phenoxy) is 4. The van der Waals surface area contributed by atoms with Crippen LogP contribution in [0.15, 0.2) is 54.6 Å². The lowest BCUT2D eigenvalue weighted by molar-refractivity contribution is -0.137. The Balaban J connectivity index is 1.78. The van der Waals surface area contributed by atoms with Crippen LogP contribution >= 0.6 is 0 Å². The molecule has 1 aliphatic heterocycles. The fraction of sp³-hybridized carbons (Fsp3) is 0.406. The monoisotopic (exact) mass is 594 g/mol. The molecule has 0 fully saturated rings. The molecule has 2 aromatic carbocycles. The molecule has 11 heteroatoms. The molecule has 3 N–H and O–H groups in total. The molecule has 0 saturated heterocycles. The molecule has 43 heavy (non-hydrogen) atoms. The van der Waals surface area contributed by atoms with E-state index in [0.717, 1.165) is 5.56 Å². The van der Waals surface area contributed by atoms with Gasteiger partial charge >= 0.3 is 0 Å². The van der Waals surface area contributed by atoms with Crippen molar-refractivity contribution < 1.29 is 43.5 Å². The van der Waals surface area contributed by atoms with Crippen molar-refractivity contribution in [3.8, 4) is 23.0 Å². The van der Waals surface area contributed by atoms with Gasteiger partial charge in [0.1, 0.15) is 30.0 Å². The minimum absolute atomic E-state index is 0.00378. The second-order valence-corrected chi connectivity index (χ2v) is 10.2. The van der Waals surface area contributed by atoms with Gasteiger partial charge in [0.15, 0.2) is 11.5 Å². The number of aliphatic hydroxyl groups is 2. The summed E-state index contributed by atoms with van der Waals surface area (Å²) in [5.74, 6) is 0.372. The quantitative estimate of drug-likeness (QED) is 0.222. The highest BCUT2D eigenvalue weighted by atomic mass is 16.5. The van der Waals surface area contributed by atoms with E-state index < -0.39 is 30.1 Å². The number of hydrogen-bond acceptors (Lipinski definition) is 9. The summed E-state index contributed by atoms with van der Waals surface area (Å²) in [4.78, 5) is 40.4. The number of aldehydes is 1. The van der Waals surface area contributed by atoms with E-state index in [0.29, 0.717) is 47.5 Å². The molecule has 4 atom stereocenters. The Bertz CT molecular complexity index is 1390. The first-order chi connectivity index (χ1) is 20.8. The Morgan fingerprint density at radius 3 is 2.53 bits per heavy atom. The molecule has 230 valence electrons. The van der Waals surface area contributed by atoms with E-state index in [9.17, 15) is 24.6 Å². The van der Waals surface area contributed by atoms with Gasteiger partial charge in [-0.1, -0.05) is 6.08 Å². The summed E-state index contributed by atoms with van der Waals surface area (Å²) in [6.07, 6.45) is 2.64. The molecule has 1 heterocycles. The van der Waals surface area contributed by atoms with Crippen LogP contribution in [-0.2, 0) is 16.0 Å². The van der Waals surface area contributed by atoms with Gasteiger partial charge in [-0.25, -0.2) is 0 Å². The lowest BCUT2D eigenvalue weighted by Crippen LogP contribution is -2.56. The van der Waals surface area contributed by atoms with Crippen LogP contribution < -0.4 is 24.3 Å². The van der Waals surface area contributed by atoms with E-state index in [4.69, 9.17) is 18.9 Å². The molecular formula is C32H38N2O9. The summed E-state index contributed by atoms with van der Waals surface area (Å²) in [7, 11) is 4.56. The number of rotatable bonds is 14. The molecule has 0 saturated carbocycles. The number of methoxy groups -OCH3 is 3. The topological polar surface area (TPSA) is 144 Å². The third-order valence-electron chi connectivity index (χ3n) is 7.76. The lowest BCUT2D eigenvalue weighted by Gasteiger charge is -2.41. The number of nitrogens with zero attached hydrogens (tertiary/aromatic N) is 1. The molecule has 0 radical (unpaired) electrons. The zero-order valence-corrected chi connectivity index (χ0v) is 24.6. The van der Waals surface area contributed by atoms with E-state index in [1.54, 1.807) is 49.5 Å². The Morgan fingerprint density at radius 1 is 1.12 bits per heavy atom. The SMILES string of the molecule is C=CCCC(=O)N(CCc1cc(OC)ccc1OC)C1C=C(C(=O)NCCO)C2c3cc(C=O)cc(OC)c3OC2C1O. The molecule has 0 aromatic heterocycles. The largest absolute Gasteiger partial charge is 0.497 e. The minimum Gasteiger partial charge on any atom is -0.497 e. The number of allylic oxidation sites excluding steroid dienone is 1. The van der Waals surface area contributed by atoms with Crippen molar-refractivity contribution in [2.75, 3.05) is 41.0 Å². The fourth-order valence-electron chi connectivity index (χ4n) is 5.69. The van der Waals surface area contributed by atoms with Crippen molar-refractivity contribution in [2.45, 2.75) is 43.4 Å². The molecule has 1 aliphatic carbocycles. The van der Waals surface area contributed by atoms with Gasteiger partial charge in [0, 0.05) is 36.2 Å². The van der Waals surface area contributed by atoms with Gasteiger partial charge in [0.2, 0.25) is 11.8 Å². The molecule has 11 nitrogen and oxygen atoms in total. The minimum atomic E-state index is -1.24. The second-order valence-electron chi connectivity index (χ2n) is 10.2. The van der Waals surface area contributed by atoms with E-state index >= 15 is 0 Å². The van der Waals surface area contributed by atoms with E-state index in [2.05, 4.69) is 11.9 Å². The summed E-state index contributed by atoms with van der Waals surface area (Å²) >= 11 is 0. The standard InChI is InChI=1S/C32H38N2O9/c1-5-6-7-27(37)34(12-10-20-16-21(40-2)8-9-25(20)41-3)24-17-23(32(39)33-11-13-35)28-22-14-19(18-36)15-26(42-4)30(22)43-31(28)29(24)38/h5,8-9,14-18,24,28-29,31,35,38H,1,6-7,10-13H2,2-4H3,(H,33,39). The second kappa shape index (κ2) is 14.2. The molecule has 2 amide bonds. The highest BCUT2D eigenvalue weighted by Crippen LogP contribution is 2.51. The van der Waals surface area contributed by atoms with Gasteiger partial charge in [0.25, 0.3) is 0 Å². The van der Waals surface area contributed by atoms with E-state index in [1.807, 2.05) is 6.07 Å². The predicted octanol–water partition coefficient (Wildman–Crippen LogP) is 2.19. The maximum atomic E-state index is 13.6. The highest BCUT2D eigenvalue weighted by Gasteiger charge is 2.51. The number of hydrogen-bond donors (Lipinski definition) is 3. The number of fused-ring (bicyclic) bond motifs is 3. The van der Waals surface area contributed by atoms with E-state index in [-0.39, 0.29) is 43.3 Å². The van der Waals surface area contributed by atoms with Crippen molar-refractivity contribution in [3.63, 3.8) is 0 Å². The van der Waals surface area contributed by atoms with Gasteiger partial charge < -0.3 is 39.4 Å². The van der Waals surface area contributed by atoms with Crippen molar-refractivity contribution in [2.24, 2.45) is 0 Å². The van der Waals surface area contributed by atoms with Gasteiger partial charge in [-0.05, 0) is 54.8 Å². The van der Waals surface area contributed by atoms with Crippen LogP contribution in [0.4, 0.5) is 0 Å². The van der Waals surface area contributed by atoms with Gasteiger partial charge in [-0.15, -0.1) is 6.58 Å². The highest BCUT2D eigenvalue weighted by molar-refractivity contribution is 5.96. The van der Waals surface area contributed by atoms with Crippen LogP contribution in [0, 0.1) is 0 Å². The molecule has 0 spiro atoms. The number of nitrogens with one attached hydrogen (secondary N) is 1. The summed E-state index contributed by atoms with van der Waals surface area (Å²) in [6.45, 7) is 3.64. The Labute approximate surface area is 250 Å². The first-order valence-electron chi connectivity index (χ1n) is 14.1. The van der Waals surface area contributed by atoms with Crippen molar-refractivity contribution in [3.05, 3.63) is 71.3 Å². The maximum Gasteiger partial charge on any atom is 0.247 e. The fourth-order valence-corrected chi connectivity index (χ4v) is 5.69. The van der Waals surface area contributed by atoms with Crippen LogP contribution in [0.3, 0.4) is 0 Å². The lowest BCUT2D eigenvalue weighted by atomic mass is 9.77. The number of benzene rings is 2. The van der Waals surface area contributed by atoms with Crippen molar-refractivity contribution >= 4 is 18.1 Å².